The predicted molar refractivity (Wildman–Crippen MR) is 251 cm³/mol. The fourth-order valence-electron chi connectivity index (χ4n) is 8.36. The molecule has 0 saturated carbocycles. The Hall–Kier alpha value is -7.58. The number of benzene rings is 8. The summed E-state index contributed by atoms with van der Waals surface area (Å²) in [4.78, 5) is 0. The minimum absolute atomic E-state index is 0.576. The second-order valence-corrected chi connectivity index (χ2v) is 14.4. The lowest BCUT2D eigenvalue weighted by Gasteiger charge is -2.21. The monoisotopic (exact) mass is 824 g/mol. The zero-order valence-corrected chi connectivity index (χ0v) is 36.1. The predicted octanol–water partition coefficient (Wildman–Crippen LogP) is 12.9. The van der Waals surface area contributed by atoms with Gasteiger partial charge in [0.05, 0.1) is 78.4 Å². The molecule has 0 saturated heterocycles. The van der Waals surface area contributed by atoms with E-state index in [2.05, 4.69) is 72.8 Å². The van der Waals surface area contributed by atoms with Crippen LogP contribution in [0.15, 0.2) is 133 Å². The van der Waals surface area contributed by atoms with E-state index in [9.17, 15) is 0 Å². The minimum Gasteiger partial charge on any atom is -0.496 e. The summed E-state index contributed by atoms with van der Waals surface area (Å²) >= 11 is 0. The summed E-state index contributed by atoms with van der Waals surface area (Å²) in [6.07, 6.45) is 3.91. The van der Waals surface area contributed by atoms with Crippen molar-refractivity contribution in [3.8, 4) is 90.5 Å². The van der Waals surface area contributed by atoms with Crippen LogP contribution >= 0.6 is 0 Å². The molecule has 0 bridgehead atoms. The summed E-state index contributed by atoms with van der Waals surface area (Å²) in [6.45, 7) is 0. The van der Waals surface area contributed by atoms with E-state index in [1.165, 1.54) is 0 Å². The molecule has 8 rings (SSSR count). The number of rotatable bonds is 14. The molecule has 0 unspecified atom stereocenters. The van der Waals surface area contributed by atoms with Crippen molar-refractivity contribution in [2.24, 2.45) is 0 Å². The van der Waals surface area contributed by atoms with Gasteiger partial charge in [0.2, 0.25) is 0 Å². The van der Waals surface area contributed by atoms with E-state index in [1.807, 2.05) is 72.8 Å². The first-order chi connectivity index (χ1) is 30.4. The molecule has 0 aliphatic carbocycles. The van der Waals surface area contributed by atoms with Crippen LogP contribution in [0.3, 0.4) is 0 Å². The Kier molecular flexibility index (Phi) is 11.9. The van der Waals surface area contributed by atoms with E-state index in [4.69, 9.17) is 37.9 Å². The Bertz CT molecular complexity index is 2700. The summed E-state index contributed by atoms with van der Waals surface area (Å²) in [6, 6.07) is 45.2. The second kappa shape index (κ2) is 18.0. The highest BCUT2D eigenvalue weighted by atomic mass is 16.5. The molecule has 0 aromatic heterocycles. The lowest BCUT2D eigenvalue weighted by molar-refractivity contribution is 0.392. The van der Waals surface area contributed by atoms with Crippen molar-refractivity contribution in [1.82, 2.24) is 0 Å². The number of hydrogen-bond donors (Lipinski definition) is 0. The molecule has 312 valence electrons. The summed E-state index contributed by atoms with van der Waals surface area (Å²) in [5.41, 5.74) is 9.61. The Labute approximate surface area is 362 Å². The third-order valence-corrected chi connectivity index (χ3v) is 11.3. The molecule has 0 amide bonds. The first-order valence-electron chi connectivity index (χ1n) is 20.1. The van der Waals surface area contributed by atoms with Crippen molar-refractivity contribution in [2.45, 2.75) is 0 Å². The highest BCUT2D eigenvalue weighted by Gasteiger charge is 2.26. The molecular formula is C54H48O8. The zero-order chi connectivity index (χ0) is 43.3. The number of fused-ring (bicyclic) bond motifs is 2. The maximum absolute atomic E-state index is 6.19. The molecule has 0 aliphatic rings. The van der Waals surface area contributed by atoms with Crippen molar-refractivity contribution < 1.29 is 37.9 Å². The molecule has 0 N–H and O–H groups in total. The van der Waals surface area contributed by atoms with Gasteiger partial charge in [-0.15, -0.1) is 0 Å². The van der Waals surface area contributed by atoms with Crippen LogP contribution < -0.4 is 37.9 Å². The van der Waals surface area contributed by atoms with E-state index in [1.54, 1.807) is 56.9 Å². The third kappa shape index (κ3) is 7.34. The zero-order valence-electron chi connectivity index (χ0n) is 36.1. The summed E-state index contributed by atoms with van der Waals surface area (Å²) in [5.74, 6) is 4.77. The molecule has 0 radical (unpaired) electrons. The molecule has 8 aromatic carbocycles. The van der Waals surface area contributed by atoms with E-state index in [0.717, 1.165) is 66.4 Å². The van der Waals surface area contributed by atoms with Gasteiger partial charge in [-0.2, -0.15) is 0 Å². The van der Waals surface area contributed by atoms with Gasteiger partial charge in [0.1, 0.15) is 46.0 Å². The van der Waals surface area contributed by atoms with Gasteiger partial charge in [0.15, 0.2) is 0 Å². The van der Waals surface area contributed by atoms with E-state index in [0.29, 0.717) is 56.8 Å². The number of methoxy groups -OCH3 is 8. The summed E-state index contributed by atoms with van der Waals surface area (Å²) in [7, 11) is 13.2. The van der Waals surface area contributed by atoms with Crippen molar-refractivity contribution >= 4 is 33.7 Å². The highest BCUT2D eigenvalue weighted by molar-refractivity contribution is 6.10. The fourth-order valence-corrected chi connectivity index (χ4v) is 8.36. The van der Waals surface area contributed by atoms with Gasteiger partial charge in [-0.25, -0.2) is 0 Å². The molecule has 0 spiro atoms. The van der Waals surface area contributed by atoms with Gasteiger partial charge in [0.25, 0.3) is 0 Å². The fraction of sp³-hybridized carbons (Fsp3) is 0.148. The van der Waals surface area contributed by atoms with Gasteiger partial charge >= 0.3 is 0 Å². The van der Waals surface area contributed by atoms with E-state index in [-0.39, 0.29) is 0 Å². The van der Waals surface area contributed by atoms with Crippen molar-refractivity contribution in [3.63, 3.8) is 0 Å². The topological polar surface area (TPSA) is 73.8 Å². The Morgan fingerprint density at radius 3 is 0.855 bits per heavy atom. The van der Waals surface area contributed by atoms with Crippen LogP contribution in [0.4, 0.5) is 0 Å². The summed E-state index contributed by atoms with van der Waals surface area (Å²) < 4.78 is 49.1. The van der Waals surface area contributed by atoms with Crippen LogP contribution in [-0.4, -0.2) is 56.9 Å². The lowest BCUT2D eigenvalue weighted by Crippen LogP contribution is -2.00. The molecule has 0 heterocycles. The van der Waals surface area contributed by atoms with Gasteiger partial charge < -0.3 is 37.9 Å². The maximum Gasteiger partial charge on any atom is 0.138 e. The molecule has 8 heteroatoms. The molecule has 0 fully saturated rings. The smallest absolute Gasteiger partial charge is 0.138 e. The van der Waals surface area contributed by atoms with Gasteiger partial charge in [-0.05, 0) is 57.6 Å². The first kappa shape index (κ1) is 41.2. The largest absolute Gasteiger partial charge is 0.496 e. The average Bonchev–Trinajstić information content (AvgIpc) is 3.34. The van der Waals surface area contributed by atoms with E-state index < -0.39 is 0 Å². The van der Waals surface area contributed by atoms with Gasteiger partial charge in [-0.1, -0.05) is 121 Å². The average molecular weight is 825 g/mol. The third-order valence-electron chi connectivity index (χ3n) is 11.3. The van der Waals surface area contributed by atoms with Crippen LogP contribution in [0, 0.1) is 0 Å². The van der Waals surface area contributed by atoms with Crippen molar-refractivity contribution in [1.29, 1.82) is 0 Å². The van der Waals surface area contributed by atoms with Crippen molar-refractivity contribution in [2.75, 3.05) is 56.9 Å². The lowest BCUT2D eigenvalue weighted by atomic mass is 9.93. The maximum atomic E-state index is 6.19. The van der Waals surface area contributed by atoms with Gasteiger partial charge in [-0.3, -0.25) is 0 Å². The Balaban J connectivity index is 1.26. The number of hydrogen-bond acceptors (Lipinski definition) is 8. The Morgan fingerprint density at radius 2 is 0.548 bits per heavy atom. The van der Waals surface area contributed by atoms with E-state index >= 15 is 0 Å². The number of ether oxygens (including phenoxy) is 8. The molecule has 62 heavy (non-hydrogen) atoms. The molecule has 0 aliphatic heterocycles. The molecule has 8 nitrogen and oxygen atoms in total. The van der Waals surface area contributed by atoms with Crippen LogP contribution in [-0.2, 0) is 0 Å². The van der Waals surface area contributed by atoms with Crippen LogP contribution in [0.2, 0.25) is 0 Å². The van der Waals surface area contributed by atoms with Crippen LogP contribution in [0.1, 0.15) is 11.1 Å². The Morgan fingerprint density at radius 1 is 0.274 bits per heavy atom. The first-order valence-corrected chi connectivity index (χ1v) is 20.1. The van der Waals surface area contributed by atoms with Crippen LogP contribution in [0.5, 0.6) is 46.0 Å². The molecule has 0 atom stereocenters. The molecular weight excluding hydrogens is 777 g/mol. The summed E-state index contributed by atoms with van der Waals surface area (Å²) in [5, 5.41) is 2.85. The standard InChI is InChI=1S/C54H48O8/c1-55-43-29-39(51(59-5)47-45(57-3)31-41(53(61-7)49(43)47)37-23-19-35(20-24-37)33-15-11-9-12-16-33)27-28-40-30-44(56-2)50-48(52(40)60-6)46(58-4)32-42(54(50)62-8)38-25-21-36(22-26-38)34-17-13-10-14-18-34/h9-32H,1-8H3/b28-27+. The van der Waals surface area contributed by atoms with Crippen LogP contribution in [0.25, 0.3) is 78.2 Å². The van der Waals surface area contributed by atoms with Crippen molar-refractivity contribution in [3.05, 3.63) is 145 Å². The normalized spacial score (nSPS) is 11.2. The highest BCUT2D eigenvalue weighted by Crippen LogP contribution is 2.53. The SMILES string of the molecule is COc1cc(-c2ccc(-c3ccccc3)cc2)c(OC)c2c(OC)cc(/C=C/c3cc(OC)c4c(OC)c(-c5ccc(-c6ccccc6)cc5)cc(OC)c4c3OC)c(OC)c12. The van der Waals surface area contributed by atoms with Gasteiger partial charge in [0, 0.05) is 22.3 Å². The molecule has 8 aromatic rings. The quantitative estimate of drug-likeness (QED) is 0.100. The second-order valence-electron chi connectivity index (χ2n) is 14.4. The minimum atomic E-state index is 0.576.